The second kappa shape index (κ2) is 7.06. The van der Waals surface area contributed by atoms with E-state index in [1.54, 1.807) is 0 Å². The van der Waals surface area contributed by atoms with E-state index in [-0.39, 0.29) is 29.5 Å². The highest BCUT2D eigenvalue weighted by atomic mass is 31.2. The Bertz CT molecular complexity index is 861. The molecule has 0 aromatic carbocycles. The maximum absolute atomic E-state index is 13.1. The maximum Gasteiger partial charge on any atom is 0.394 e. The van der Waals surface area contributed by atoms with E-state index in [4.69, 9.17) is 21.3 Å². The predicted molar refractivity (Wildman–Crippen MR) is 87.0 cm³/mol. The smallest absolute Gasteiger partial charge is 0.369 e. The summed E-state index contributed by atoms with van der Waals surface area (Å²) in [4.78, 5) is 39.0. The molecule has 2 heterocycles. The van der Waals surface area contributed by atoms with Crippen LogP contribution in [0.15, 0.2) is 4.79 Å². The first-order valence-electron chi connectivity index (χ1n) is 7.48. The monoisotopic (exact) mass is 380 g/mol. The summed E-state index contributed by atoms with van der Waals surface area (Å²) in [6.07, 6.45) is 0.517. The molecule has 0 amide bonds. The molecule has 0 fully saturated rings. The van der Waals surface area contributed by atoms with Crippen molar-refractivity contribution in [2.75, 3.05) is 11.5 Å². The Labute approximate surface area is 140 Å². The highest BCUT2D eigenvalue weighted by molar-refractivity contribution is 7.53. The van der Waals surface area contributed by atoms with Gasteiger partial charge in [0, 0.05) is 13.0 Å². The zero-order valence-corrected chi connectivity index (χ0v) is 14.0. The van der Waals surface area contributed by atoms with Crippen molar-refractivity contribution in [1.82, 2.24) is 19.5 Å². The number of imidazole rings is 1. The first-order chi connectivity index (χ1) is 11.5. The fourth-order valence-electron chi connectivity index (χ4n) is 2.37. The molecule has 0 bridgehead atoms. The van der Waals surface area contributed by atoms with Gasteiger partial charge in [-0.2, -0.15) is 13.8 Å². The van der Waals surface area contributed by atoms with Crippen LogP contribution in [0.3, 0.4) is 0 Å². The van der Waals surface area contributed by atoms with E-state index in [0.717, 1.165) is 0 Å². The van der Waals surface area contributed by atoms with Crippen molar-refractivity contribution in [2.45, 2.75) is 44.3 Å². The molecule has 13 heteroatoms. The number of hydrogen-bond donors (Lipinski definition) is 5. The van der Waals surface area contributed by atoms with E-state index >= 15 is 0 Å². The number of nitrogens with zero attached hydrogens (tertiary/aromatic N) is 3. The lowest BCUT2D eigenvalue weighted by atomic mass is 10.1. The van der Waals surface area contributed by atoms with Crippen LogP contribution in [0, 0.1) is 0 Å². The van der Waals surface area contributed by atoms with Crippen molar-refractivity contribution in [1.29, 1.82) is 0 Å². The molecule has 140 valence electrons. The summed E-state index contributed by atoms with van der Waals surface area (Å²) in [6.45, 7) is 0.354. The second-order valence-electron chi connectivity index (χ2n) is 5.62. The number of nitrogen functional groups attached to an aromatic ring is 2. The summed E-state index contributed by atoms with van der Waals surface area (Å²) in [5, 5.41) is 0. The standard InChI is InChI=1S/C12H19F2N6O4P/c13-12(14,25(22,23)24)5-3-1-2-4-6-20-8-7(17-11(20)16)9(21)19-10(15)18-8/h1-6H2,(H2,16,17)(H2,22,23,24)(H3,15,18,19,21). The van der Waals surface area contributed by atoms with Gasteiger partial charge in [0.2, 0.25) is 11.9 Å². The number of aromatic amines is 1. The van der Waals surface area contributed by atoms with Gasteiger partial charge in [-0.05, 0) is 12.8 Å². The highest BCUT2D eigenvalue weighted by Crippen LogP contribution is 2.55. The molecule has 0 spiro atoms. The summed E-state index contributed by atoms with van der Waals surface area (Å²) in [5.74, 6) is 0.0185. The average Bonchev–Trinajstić information content (AvgIpc) is 2.78. The van der Waals surface area contributed by atoms with E-state index in [1.165, 1.54) is 4.57 Å². The minimum atomic E-state index is -5.42. The van der Waals surface area contributed by atoms with Crippen LogP contribution >= 0.6 is 7.60 Å². The molecular weight excluding hydrogens is 361 g/mol. The normalized spacial score (nSPS) is 12.8. The Kier molecular flexibility index (Phi) is 5.45. The molecule has 0 saturated heterocycles. The summed E-state index contributed by atoms with van der Waals surface area (Å²) in [7, 11) is -5.42. The van der Waals surface area contributed by atoms with Gasteiger partial charge in [0.15, 0.2) is 11.2 Å². The topological polar surface area (TPSA) is 173 Å². The van der Waals surface area contributed by atoms with E-state index in [9.17, 15) is 18.1 Å². The van der Waals surface area contributed by atoms with Crippen LogP contribution in [-0.2, 0) is 11.1 Å². The van der Waals surface area contributed by atoms with Gasteiger partial charge in [-0.3, -0.25) is 18.9 Å². The number of alkyl halides is 2. The molecule has 0 aliphatic rings. The van der Waals surface area contributed by atoms with Crippen LogP contribution in [0.25, 0.3) is 11.2 Å². The van der Waals surface area contributed by atoms with Gasteiger partial charge in [-0.25, -0.2) is 4.98 Å². The highest BCUT2D eigenvalue weighted by Gasteiger charge is 2.47. The van der Waals surface area contributed by atoms with Crippen LogP contribution in [0.4, 0.5) is 20.7 Å². The van der Waals surface area contributed by atoms with Crippen LogP contribution in [-0.4, -0.2) is 35.0 Å². The van der Waals surface area contributed by atoms with Crippen molar-refractivity contribution in [3.8, 4) is 0 Å². The molecule has 0 unspecified atom stereocenters. The van der Waals surface area contributed by atoms with Gasteiger partial charge < -0.3 is 21.3 Å². The van der Waals surface area contributed by atoms with E-state index < -0.39 is 25.2 Å². The first kappa shape index (κ1) is 19.3. The number of hydrogen-bond acceptors (Lipinski definition) is 6. The molecule has 0 saturated carbocycles. The third-order valence-electron chi connectivity index (χ3n) is 3.69. The SMILES string of the molecule is Nc1nc2c(nc(N)n2CCCCCCC(F)(F)P(=O)(O)O)c(=O)[nH]1. The first-order valence-corrected chi connectivity index (χ1v) is 9.09. The van der Waals surface area contributed by atoms with Crippen LogP contribution in [0.5, 0.6) is 0 Å². The predicted octanol–water partition coefficient (Wildman–Crippen LogP) is 1.00. The minimum Gasteiger partial charge on any atom is -0.369 e. The Balaban J connectivity index is 1.89. The van der Waals surface area contributed by atoms with Gasteiger partial charge in [-0.15, -0.1) is 0 Å². The van der Waals surface area contributed by atoms with Crippen LogP contribution in [0.1, 0.15) is 32.1 Å². The number of aromatic nitrogens is 4. The molecule has 7 N–H and O–H groups in total. The summed E-state index contributed by atoms with van der Waals surface area (Å²) in [5.41, 5.74) is 7.04. The number of nitrogens with one attached hydrogen (secondary N) is 1. The lowest BCUT2D eigenvalue weighted by Gasteiger charge is -2.17. The number of rotatable bonds is 8. The van der Waals surface area contributed by atoms with Gasteiger partial charge in [0.05, 0.1) is 0 Å². The maximum atomic E-state index is 13.1. The van der Waals surface area contributed by atoms with Crippen molar-refractivity contribution < 1.29 is 23.1 Å². The molecule has 2 aromatic heterocycles. The van der Waals surface area contributed by atoms with Gasteiger partial charge in [0.1, 0.15) is 0 Å². The number of anilines is 2. The number of nitrogens with two attached hydrogens (primary N) is 2. The van der Waals surface area contributed by atoms with Crippen molar-refractivity contribution >= 4 is 30.7 Å². The van der Waals surface area contributed by atoms with E-state index in [0.29, 0.717) is 25.8 Å². The molecule has 0 aliphatic heterocycles. The molecule has 2 rings (SSSR count). The molecule has 10 nitrogen and oxygen atoms in total. The van der Waals surface area contributed by atoms with Gasteiger partial charge in [0.25, 0.3) is 5.56 Å². The summed E-state index contributed by atoms with van der Waals surface area (Å²) >= 11 is 0. The second-order valence-corrected chi connectivity index (χ2v) is 7.36. The minimum absolute atomic E-state index is 0.0247. The van der Waals surface area contributed by atoms with Gasteiger partial charge in [-0.1, -0.05) is 12.8 Å². The average molecular weight is 380 g/mol. The Morgan fingerprint density at radius 3 is 2.44 bits per heavy atom. The number of H-pyrrole nitrogens is 1. The Hall–Kier alpha value is -2.04. The largest absolute Gasteiger partial charge is 0.394 e. The fourth-order valence-corrected chi connectivity index (χ4v) is 2.82. The van der Waals surface area contributed by atoms with Gasteiger partial charge >= 0.3 is 13.3 Å². The summed E-state index contributed by atoms with van der Waals surface area (Å²) < 4.78 is 38.4. The number of aryl methyl sites for hydroxylation is 1. The lowest BCUT2D eigenvalue weighted by Crippen LogP contribution is -2.15. The van der Waals surface area contributed by atoms with E-state index in [1.807, 2.05) is 0 Å². The quantitative estimate of drug-likeness (QED) is 0.333. The van der Waals surface area contributed by atoms with Crippen molar-refractivity contribution in [2.24, 2.45) is 0 Å². The third-order valence-corrected chi connectivity index (χ3v) is 4.76. The van der Waals surface area contributed by atoms with Crippen molar-refractivity contribution in [3.05, 3.63) is 10.4 Å². The Morgan fingerprint density at radius 1 is 1.16 bits per heavy atom. The Morgan fingerprint density at radius 2 is 1.80 bits per heavy atom. The molecule has 0 aliphatic carbocycles. The molecule has 25 heavy (non-hydrogen) atoms. The summed E-state index contributed by atoms with van der Waals surface area (Å²) in [6, 6.07) is 0. The van der Waals surface area contributed by atoms with Crippen LogP contribution in [0.2, 0.25) is 0 Å². The third kappa shape index (κ3) is 4.33. The number of fused-ring (bicyclic) bond motifs is 1. The zero-order chi connectivity index (χ0) is 18.8. The van der Waals surface area contributed by atoms with Crippen LogP contribution < -0.4 is 17.0 Å². The number of unbranched alkanes of at least 4 members (excludes halogenated alkanes) is 3. The van der Waals surface area contributed by atoms with Crippen molar-refractivity contribution in [3.63, 3.8) is 0 Å². The molecule has 2 aromatic rings. The fraction of sp³-hybridized carbons (Fsp3) is 0.583. The number of halogens is 2. The molecule has 0 radical (unpaired) electrons. The molecular formula is C12H19F2N6O4P. The zero-order valence-electron chi connectivity index (χ0n) is 13.2. The van der Waals surface area contributed by atoms with E-state index in [2.05, 4.69) is 15.0 Å². The lowest BCUT2D eigenvalue weighted by molar-refractivity contribution is 0.0476. The molecule has 0 atom stereocenters.